The molecular formula is C16H25N3O. The average molecular weight is 275 g/mol. The van der Waals surface area contributed by atoms with Crippen molar-refractivity contribution in [1.29, 1.82) is 0 Å². The van der Waals surface area contributed by atoms with Crippen LogP contribution in [-0.4, -0.2) is 23.1 Å². The Labute approximate surface area is 121 Å². The number of urea groups is 1. The van der Waals surface area contributed by atoms with E-state index in [4.69, 9.17) is 0 Å². The van der Waals surface area contributed by atoms with Gasteiger partial charge >= 0.3 is 6.03 Å². The summed E-state index contributed by atoms with van der Waals surface area (Å²) in [4.78, 5) is 16.2. The minimum absolute atomic E-state index is 0.0401. The van der Waals surface area contributed by atoms with Crippen molar-refractivity contribution >= 4 is 6.03 Å². The molecule has 1 aliphatic carbocycles. The number of hydrogen-bond donors (Lipinski definition) is 2. The molecule has 0 aliphatic heterocycles. The molecule has 2 N–H and O–H groups in total. The number of amides is 2. The van der Waals surface area contributed by atoms with Gasteiger partial charge in [0.1, 0.15) is 0 Å². The number of hydrogen-bond acceptors (Lipinski definition) is 2. The standard InChI is InChI=1S/C16H25N3O/c1-13-6-9-16(2,10-7-13)19-15(20)18-12-8-14-5-3-4-11-17-14/h3-5,11,13H,6-10,12H2,1-2H3,(H2,18,19,20). The minimum Gasteiger partial charge on any atom is -0.338 e. The third kappa shape index (κ3) is 4.51. The van der Waals surface area contributed by atoms with Gasteiger partial charge in [-0.1, -0.05) is 13.0 Å². The maximum absolute atomic E-state index is 11.9. The van der Waals surface area contributed by atoms with Gasteiger partial charge in [-0.15, -0.1) is 0 Å². The zero-order valence-electron chi connectivity index (χ0n) is 12.5. The van der Waals surface area contributed by atoms with Gasteiger partial charge in [-0.2, -0.15) is 0 Å². The average Bonchev–Trinajstić information content (AvgIpc) is 2.43. The second kappa shape index (κ2) is 6.73. The maximum Gasteiger partial charge on any atom is 0.315 e. The summed E-state index contributed by atoms with van der Waals surface area (Å²) < 4.78 is 0. The van der Waals surface area contributed by atoms with E-state index in [1.807, 2.05) is 18.2 Å². The first-order valence-electron chi connectivity index (χ1n) is 7.53. The molecule has 2 amide bonds. The molecule has 0 atom stereocenters. The van der Waals surface area contributed by atoms with Crippen molar-refractivity contribution in [2.75, 3.05) is 6.54 Å². The van der Waals surface area contributed by atoms with Gasteiger partial charge in [-0.05, 0) is 50.7 Å². The fraction of sp³-hybridized carbons (Fsp3) is 0.625. The normalized spacial score (nSPS) is 26.0. The molecule has 0 radical (unpaired) electrons. The Morgan fingerprint density at radius 2 is 2.15 bits per heavy atom. The van der Waals surface area contributed by atoms with E-state index >= 15 is 0 Å². The molecule has 1 aromatic heterocycles. The topological polar surface area (TPSA) is 54.0 Å². The molecule has 1 aromatic rings. The van der Waals surface area contributed by atoms with Gasteiger partial charge in [0.2, 0.25) is 0 Å². The fourth-order valence-electron chi connectivity index (χ4n) is 2.69. The number of rotatable bonds is 4. The predicted molar refractivity (Wildman–Crippen MR) is 80.5 cm³/mol. The van der Waals surface area contributed by atoms with E-state index in [-0.39, 0.29) is 11.6 Å². The Bertz CT molecular complexity index is 425. The van der Waals surface area contributed by atoms with Crippen LogP contribution in [0, 0.1) is 5.92 Å². The van der Waals surface area contributed by atoms with E-state index in [0.29, 0.717) is 6.54 Å². The van der Waals surface area contributed by atoms with Crippen molar-refractivity contribution in [2.24, 2.45) is 5.92 Å². The van der Waals surface area contributed by atoms with Crippen molar-refractivity contribution in [3.8, 4) is 0 Å². The molecule has 1 saturated carbocycles. The molecule has 1 fully saturated rings. The summed E-state index contributed by atoms with van der Waals surface area (Å²) in [5, 5.41) is 6.06. The SMILES string of the molecule is CC1CCC(C)(NC(=O)NCCc2ccccn2)CC1. The predicted octanol–water partition coefficient (Wildman–Crippen LogP) is 2.89. The summed E-state index contributed by atoms with van der Waals surface area (Å²) in [7, 11) is 0. The summed E-state index contributed by atoms with van der Waals surface area (Å²) in [6, 6.07) is 5.78. The van der Waals surface area contributed by atoms with E-state index in [9.17, 15) is 4.79 Å². The van der Waals surface area contributed by atoms with Crippen LogP contribution in [-0.2, 0) is 6.42 Å². The summed E-state index contributed by atoms with van der Waals surface area (Å²) in [5.41, 5.74) is 0.965. The van der Waals surface area contributed by atoms with E-state index in [0.717, 1.165) is 30.9 Å². The quantitative estimate of drug-likeness (QED) is 0.887. The number of pyridine rings is 1. The van der Waals surface area contributed by atoms with E-state index in [2.05, 4.69) is 29.5 Å². The summed E-state index contributed by atoms with van der Waals surface area (Å²) >= 11 is 0. The molecule has 20 heavy (non-hydrogen) atoms. The number of carbonyl (C=O) groups excluding carboxylic acids is 1. The molecule has 0 aromatic carbocycles. The van der Waals surface area contributed by atoms with Gasteiger partial charge in [-0.25, -0.2) is 4.79 Å². The number of nitrogens with zero attached hydrogens (tertiary/aromatic N) is 1. The Morgan fingerprint density at radius 1 is 1.40 bits per heavy atom. The Kier molecular flexibility index (Phi) is 4.99. The van der Waals surface area contributed by atoms with Crippen molar-refractivity contribution < 1.29 is 4.79 Å². The van der Waals surface area contributed by atoms with Crippen LogP contribution >= 0.6 is 0 Å². The summed E-state index contributed by atoms with van der Waals surface area (Å²) in [6.45, 7) is 5.05. The number of aromatic nitrogens is 1. The molecule has 2 rings (SSSR count). The highest BCUT2D eigenvalue weighted by atomic mass is 16.2. The van der Waals surface area contributed by atoms with Gasteiger partial charge in [0, 0.05) is 30.4 Å². The molecule has 0 spiro atoms. The monoisotopic (exact) mass is 275 g/mol. The lowest BCUT2D eigenvalue weighted by molar-refractivity contribution is 0.196. The van der Waals surface area contributed by atoms with Crippen LogP contribution in [0.3, 0.4) is 0 Å². The van der Waals surface area contributed by atoms with Gasteiger partial charge in [-0.3, -0.25) is 4.98 Å². The Hall–Kier alpha value is -1.58. The third-order valence-electron chi connectivity index (χ3n) is 4.19. The first kappa shape index (κ1) is 14.8. The van der Waals surface area contributed by atoms with E-state index in [1.54, 1.807) is 6.20 Å². The first-order valence-corrected chi connectivity index (χ1v) is 7.53. The van der Waals surface area contributed by atoms with E-state index in [1.165, 1.54) is 12.8 Å². The summed E-state index contributed by atoms with van der Waals surface area (Å²) in [6.07, 6.45) is 7.08. The lowest BCUT2D eigenvalue weighted by Crippen LogP contribution is -2.52. The highest BCUT2D eigenvalue weighted by Gasteiger charge is 2.30. The van der Waals surface area contributed by atoms with Crippen molar-refractivity contribution in [3.63, 3.8) is 0 Å². The third-order valence-corrected chi connectivity index (χ3v) is 4.19. The highest BCUT2D eigenvalue weighted by Crippen LogP contribution is 2.31. The smallest absolute Gasteiger partial charge is 0.315 e. The lowest BCUT2D eigenvalue weighted by Gasteiger charge is -2.37. The van der Waals surface area contributed by atoms with Crippen molar-refractivity contribution in [2.45, 2.75) is 51.5 Å². The fourth-order valence-corrected chi connectivity index (χ4v) is 2.69. The Balaban J connectivity index is 1.70. The molecule has 1 aliphatic rings. The molecular weight excluding hydrogens is 250 g/mol. The van der Waals surface area contributed by atoms with Crippen LogP contribution in [0.4, 0.5) is 4.79 Å². The van der Waals surface area contributed by atoms with Crippen LogP contribution in [0.25, 0.3) is 0 Å². The summed E-state index contributed by atoms with van der Waals surface area (Å²) in [5.74, 6) is 0.789. The second-order valence-corrected chi connectivity index (χ2v) is 6.20. The molecule has 0 bridgehead atoms. The molecule has 4 heteroatoms. The van der Waals surface area contributed by atoms with Crippen LogP contribution in [0.1, 0.15) is 45.2 Å². The van der Waals surface area contributed by atoms with Gasteiger partial charge < -0.3 is 10.6 Å². The maximum atomic E-state index is 11.9. The highest BCUT2D eigenvalue weighted by molar-refractivity contribution is 5.74. The van der Waals surface area contributed by atoms with Crippen LogP contribution in [0.15, 0.2) is 24.4 Å². The van der Waals surface area contributed by atoms with Crippen LogP contribution in [0.5, 0.6) is 0 Å². The van der Waals surface area contributed by atoms with Gasteiger partial charge in [0.15, 0.2) is 0 Å². The number of carbonyl (C=O) groups is 1. The van der Waals surface area contributed by atoms with Crippen LogP contribution in [0.2, 0.25) is 0 Å². The van der Waals surface area contributed by atoms with Crippen molar-refractivity contribution in [3.05, 3.63) is 30.1 Å². The largest absolute Gasteiger partial charge is 0.338 e. The molecule has 0 unspecified atom stereocenters. The molecule has 0 saturated heterocycles. The Morgan fingerprint density at radius 3 is 2.80 bits per heavy atom. The zero-order chi connectivity index (χ0) is 14.4. The lowest BCUT2D eigenvalue weighted by atomic mass is 9.78. The van der Waals surface area contributed by atoms with Gasteiger partial charge in [0.05, 0.1) is 0 Å². The van der Waals surface area contributed by atoms with E-state index < -0.39 is 0 Å². The second-order valence-electron chi connectivity index (χ2n) is 6.20. The first-order chi connectivity index (χ1) is 9.57. The number of nitrogens with one attached hydrogen (secondary N) is 2. The van der Waals surface area contributed by atoms with Crippen LogP contribution < -0.4 is 10.6 Å². The van der Waals surface area contributed by atoms with Crippen molar-refractivity contribution in [1.82, 2.24) is 15.6 Å². The minimum atomic E-state index is -0.0574. The molecule has 110 valence electrons. The molecule has 1 heterocycles. The molecule has 4 nitrogen and oxygen atoms in total. The zero-order valence-corrected chi connectivity index (χ0v) is 12.5. The van der Waals surface area contributed by atoms with Gasteiger partial charge in [0.25, 0.3) is 0 Å².